The first-order valence-corrected chi connectivity index (χ1v) is 13.7. The molecule has 0 fully saturated rings. The second-order valence-electron chi connectivity index (χ2n) is 9.70. The normalized spacial score (nSPS) is 10.1. The number of fused-ring (bicyclic) bond motifs is 1. The van der Waals surface area contributed by atoms with Crippen molar-refractivity contribution in [2.45, 2.75) is 32.1 Å². The van der Waals surface area contributed by atoms with E-state index in [4.69, 9.17) is 15.9 Å². The summed E-state index contributed by atoms with van der Waals surface area (Å²) < 4.78 is 0. The Kier molecular flexibility index (Phi) is 13.8. The van der Waals surface area contributed by atoms with Crippen molar-refractivity contribution >= 4 is 45.0 Å². The lowest BCUT2D eigenvalue weighted by Crippen LogP contribution is -1.97. The van der Waals surface area contributed by atoms with Crippen LogP contribution < -0.4 is 5.73 Å². The Hall–Kier alpha value is -6.97. The van der Waals surface area contributed by atoms with E-state index in [1.165, 1.54) is 30.2 Å². The van der Waals surface area contributed by atoms with Crippen molar-refractivity contribution in [1.29, 1.82) is 0 Å². The van der Waals surface area contributed by atoms with Gasteiger partial charge in [0.2, 0.25) is 0 Å². The van der Waals surface area contributed by atoms with Crippen molar-refractivity contribution in [3.8, 4) is 11.5 Å². The van der Waals surface area contributed by atoms with Crippen LogP contribution in [0.1, 0.15) is 31.2 Å². The predicted octanol–water partition coefficient (Wildman–Crippen LogP) is 5.53. The molecule has 0 bridgehead atoms. The van der Waals surface area contributed by atoms with Gasteiger partial charge >= 0.3 is 22.7 Å². The highest BCUT2D eigenvalue weighted by Crippen LogP contribution is 2.40. The smallest absolute Gasteiger partial charge is 0.324 e. The highest BCUT2D eigenvalue weighted by atomic mass is 16.7. The van der Waals surface area contributed by atoms with E-state index in [-0.39, 0.29) is 0 Å². The number of nitrogens with zero attached hydrogens (tertiary/aromatic N) is 7. The Morgan fingerprint density at radius 2 is 0.980 bits per heavy atom. The summed E-state index contributed by atoms with van der Waals surface area (Å²) in [7, 11) is 0. The lowest BCUT2D eigenvalue weighted by molar-refractivity contribution is -0.404. The maximum Gasteiger partial charge on any atom is 0.324 e. The molecule has 0 saturated heterocycles. The average molecular weight is 687 g/mol. The van der Waals surface area contributed by atoms with Gasteiger partial charge in [-0.15, -0.1) is 0 Å². The van der Waals surface area contributed by atoms with Crippen LogP contribution in [0.2, 0.25) is 0 Å². The van der Waals surface area contributed by atoms with E-state index in [1.807, 2.05) is 12.3 Å². The first kappa shape index (κ1) is 38.2. The lowest BCUT2D eigenvalue weighted by Gasteiger charge is -2.03. The fourth-order valence-corrected chi connectivity index (χ4v) is 4.03. The highest BCUT2D eigenvalue weighted by molar-refractivity contribution is 5.78. The molecule has 0 aliphatic carbocycles. The minimum absolute atomic E-state index is 0.447. The zero-order chi connectivity index (χ0) is 36.8. The number of nitrogens with two attached hydrogens (primary N) is 1. The second-order valence-corrected chi connectivity index (χ2v) is 9.70. The number of non-ortho nitro benzene ring substituents is 2. The number of aromatic nitrogens is 1. The Balaban J connectivity index is 0.000000255. The van der Waals surface area contributed by atoms with E-state index in [0.717, 1.165) is 24.9 Å². The molecule has 4 N–H and O–H groups in total. The van der Waals surface area contributed by atoms with E-state index in [2.05, 4.69) is 29.2 Å². The van der Waals surface area contributed by atoms with Crippen LogP contribution in [-0.4, -0.2) is 51.3 Å². The molecule has 0 amide bonds. The fraction of sp³-hybridized carbons (Fsp3) is 0.222. The molecule has 22 heteroatoms. The minimum atomic E-state index is -1.21. The molecule has 0 saturated carbocycles. The molecule has 0 radical (unpaired) electrons. The summed E-state index contributed by atoms with van der Waals surface area (Å²) >= 11 is 0. The largest absolute Gasteiger partial charge is 0.497 e. The molecule has 0 atom stereocenters. The number of rotatable bonds is 12. The number of pyridine rings is 1. The molecule has 3 aromatic carbocycles. The number of nitro groups is 6. The molecule has 0 aliphatic rings. The quantitative estimate of drug-likeness (QED) is 0.0936. The monoisotopic (exact) mass is 686 g/mol. The van der Waals surface area contributed by atoms with Crippen molar-refractivity contribution in [1.82, 2.24) is 4.98 Å². The SMILES string of the molecule is NCCCCCCc1cnc2ccccc2c1.O=[N+]([O-])c1cc([N+](=O)[O-])c(O)c([N+](=O)[O-])c1.O=[N+]([O-])c1cc([N+](=O)[O-])c(O)c([N+](=O)[O-])c1. The fourth-order valence-electron chi connectivity index (χ4n) is 4.03. The molecule has 49 heavy (non-hydrogen) atoms. The summed E-state index contributed by atoms with van der Waals surface area (Å²) in [5.41, 5.74) is 1.90. The molecular weight excluding hydrogens is 660 g/mol. The molecular formula is C27H26N8O14. The van der Waals surface area contributed by atoms with E-state index in [0.29, 0.717) is 24.3 Å². The molecule has 0 spiro atoms. The van der Waals surface area contributed by atoms with Gasteiger partial charge in [0.1, 0.15) is 0 Å². The van der Waals surface area contributed by atoms with Crippen LogP contribution in [0.4, 0.5) is 34.1 Å². The summed E-state index contributed by atoms with van der Waals surface area (Å²) in [6.45, 7) is 0.817. The Morgan fingerprint density at radius 3 is 1.37 bits per heavy atom. The van der Waals surface area contributed by atoms with Crippen molar-refractivity contribution in [2.75, 3.05) is 6.54 Å². The second kappa shape index (κ2) is 17.7. The maximum absolute atomic E-state index is 10.4. The number of phenolic OH excluding ortho intramolecular Hbond substituents is 2. The Morgan fingerprint density at radius 1 is 0.571 bits per heavy atom. The molecule has 4 aromatic rings. The molecule has 22 nitrogen and oxygen atoms in total. The number of aromatic hydroxyl groups is 2. The average Bonchev–Trinajstić information content (AvgIpc) is 3.04. The van der Waals surface area contributed by atoms with E-state index in [9.17, 15) is 60.7 Å². The van der Waals surface area contributed by atoms with Crippen LogP contribution in [0.5, 0.6) is 11.5 Å². The van der Waals surface area contributed by atoms with Gasteiger partial charge in [-0.3, -0.25) is 65.7 Å². The number of hydrogen-bond donors (Lipinski definition) is 3. The number of para-hydroxylation sites is 1. The van der Waals surface area contributed by atoms with Crippen LogP contribution in [0.15, 0.2) is 60.8 Å². The van der Waals surface area contributed by atoms with E-state index in [1.54, 1.807) is 0 Å². The number of nitro benzene ring substituents is 6. The number of unbranched alkanes of at least 4 members (excludes halogenated alkanes) is 3. The van der Waals surface area contributed by atoms with Crippen molar-refractivity contribution in [3.05, 3.63) is 127 Å². The first-order valence-electron chi connectivity index (χ1n) is 13.7. The van der Waals surface area contributed by atoms with Gasteiger partial charge in [-0.25, -0.2) is 0 Å². The summed E-state index contributed by atoms with van der Waals surface area (Å²) in [6, 6.07) is 12.3. The summed E-state index contributed by atoms with van der Waals surface area (Å²) in [6.07, 6.45) is 8.03. The van der Waals surface area contributed by atoms with Gasteiger partial charge in [0.05, 0.1) is 59.3 Å². The van der Waals surface area contributed by atoms with Gasteiger partial charge in [-0.1, -0.05) is 31.0 Å². The third-order valence-electron chi connectivity index (χ3n) is 6.38. The third kappa shape index (κ3) is 10.8. The topological polar surface area (TPSA) is 338 Å². The van der Waals surface area contributed by atoms with Gasteiger partial charge < -0.3 is 15.9 Å². The molecule has 0 unspecified atom stereocenters. The Labute approximate surface area is 272 Å². The number of hydrogen-bond acceptors (Lipinski definition) is 16. The van der Waals surface area contributed by atoms with E-state index < -0.39 is 75.2 Å². The first-order chi connectivity index (χ1) is 23.1. The summed E-state index contributed by atoms with van der Waals surface area (Å²) in [5.74, 6) is -2.42. The van der Waals surface area contributed by atoms with E-state index >= 15 is 0 Å². The zero-order valence-corrected chi connectivity index (χ0v) is 25.0. The highest BCUT2D eigenvalue weighted by Gasteiger charge is 2.31. The number of benzene rings is 3. The molecule has 0 aliphatic heterocycles. The van der Waals surface area contributed by atoms with Crippen LogP contribution in [0.25, 0.3) is 10.9 Å². The van der Waals surface area contributed by atoms with Crippen molar-refractivity contribution in [2.24, 2.45) is 5.73 Å². The molecule has 1 heterocycles. The third-order valence-corrected chi connectivity index (χ3v) is 6.38. The van der Waals surface area contributed by atoms with Crippen molar-refractivity contribution < 1.29 is 39.8 Å². The summed E-state index contributed by atoms with van der Waals surface area (Å²) in [5, 5.41) is 81.7. The number of aryl methyl sites for hydroxylation is 1. The van der Waals surface area contributed by atoms with Gasteiger partial charge in [-0.05, 0) is 43.5 Å². The molecule has 1 aromatic heterocycles. The zero-order valence-electron chi connectivity index (χ0n) is 25.0. The standard InChI is InChI=1S/C15H20N2.2C6H3N3O7/c16-10-6-2-1-3-7-13-11-14-8-4-5-9-15(14)17-12-13;2*10-6-4(8(13)14)1-3(7(11)12)2-5(6)9(15)16/h4-5,8-9,11-12H,1-3,6-7,10,16H2;2*1-2,10H. The van der Waals surface area contributed by atoms with Crippen molar-refractivity contribution in [3.63, 3.8) is 0 Å². The van der Waals surface area contributed by atoms with Gasteiger partial charge in [0, 0.05) is 11.6 Å². The van der Waals surface area contributed by atoms with Crippen LogP contribution in [0, 0.1) is 60.7 Å². The predicted molar refractivity (Wildman–Crippen MR) is 169 cm³/mol. The molecule has 258 valence electrons. The van der Waals surface area contributed by atoms with Crippen LogP contribution >= 0.6 is 0 Å². The van der Waals surface area contributed by atoms with Gasteiger partial charge in [0.25, 0.3) is 22.9 Å². The Bertz CT molecular complexity index is 1740. The lowest BCUT2D eigenvalue weighted by atomic mass is 10.1. The number of phenols is 2. The van der Waals surface area contributed by atoms with Crippen LogP contribution in [-0.2, 0) is 6.42 Å². The molecule has 4 rings (SSSR count). The van der Waals surface area contributed by atoms with Gasteiger partial charge in [0.15, 0.2) is 0 Å². The van der Waals surface area contributed by atoms with Crippen LogP contribution in [0.3, 0.4) is 0 Å². The summed E-state index contributed by atoms with van der Waals surface area (Å²) in [4.78, 5) is 60.0. The minimum Gasteiger partial charge on any atom is -0.497 e. The van der Waals surface area contributed by atoms with Gasteiger partial charge in [-0.2, -0.15) is 0 Å². The maximum atomic E-state index is 10.4.